The molecule has 0 aliphatic rings. The molecule has 0 N–H and O–H groups in total. The lowest BCUT2D eigenvalue weighted by atomic mass is 10.1. The number of carbonyl (C=O) groups excluding carboxylic acids is 2. The molecule has 0 fully saturated rings. The van der Waals surface area contributed by atoms with Gasteiger partial charge in [0.1, 0.15) is 12.4 Å². The molecule has 0 amide bonds. The molecule has 23 heavy (non-hydrogen) atoms. The zero-order valence-electron chi connectivity index (χ0n) is 13.1. The van der Waals surface area contributed by atoms with Crippen molar-refractivity contribution in [1.29, 1.82) is 0 Å². The molecule has 2 rings (SSSR count). The van der Waals surface area contributed by atoms with Crippen LogP contribution in [0.2, 0.25) is 0 Å². The number of carbonyl (C=O) groups is 2. The van der Waals surface area contributed by atoms with Crippen LogP contribution in [0.1, 0.15) is 33.2 Å². The lowest BCUT2D eigenvalue weighted by Gasteiger charge is -2.08. The molecular formula is C18H18O5. The van der Waals surface area contributed by atoms with Crippen LogP contribution in [-0.4, -0.2) is 25.7 Å². The van der Waals surface area contributed by atoms with Gasteiger partial charge in [-0.25, -0.2) is 9.59 Å². The lowest BCUT2D eigenvalue weighted by molar-refractivity contribution is 0.0524. The van der Waals surface area contributed by atoms with Crippen LogP contribution in [0.3, 0.4) is 0 Å². The number of methoxy groups -OCH3 is 1. The van der Waals surface area contributed by atoms with Crippen LogP contribution in [0, 0.1) is 0 Å². The van der Waals surface area contributed by atoms with E-state index in [4.69, 9.17) is 9.47 Å². The van der Waals surface area contributed by atoms with Crippen LogP contribution >= 0.6 is 0 Å². The van der Waals surface area contributed by atoms with Crippen molar-refractivity contribution in [3.05, 3.63) is 65.2 Å². The molecule has 0 spiro atoms. The maximum Gasteiger partial charge on any atom is 0.338 e. The fraction of sp³-hybridized carbons (Fsp3) is 0.222. The maximum absolute atomic E-state index is 11.7. The molecule has 0 bridgehead atoms. The summed E-state index contributed by atoms with van der Waals surface area (Å²) in [6.07, 6.45) is 0. The van der Waals surface area contributed by atoms with Crippen molar-refractivity contribution >= 4 is 11.9 Å². The first-order chi connectivity index (χ1) is 11.1. The van der Waals surface area contributed by atoms with E-state index < -0.39 is 0 Å². The molecule has 0 heterocycles. The monoisotopic (exact) mass is 314 g/mol. The van der Waals surface area contributed by atoms with Crippen LogP contribution in [-0.2, 0) is 16.1 Å². The highest BCUT2D eigenvalue weighted by Crippen LogP contribution is 2.16. The van der Waals surface area contributed by atoms with Crippen LogP contribution in [0.25, 0.3) is 0 Å². The normalized spacial score (nSPS) is 10.0. The second kappa shape index (κ2) is 7.98. The predicted octanol–water partition coefficient (Wildman–Crippen LogP) is 3.23. The topological polar surface area (TPSA) is 61.8 Å². The van der Waals surface area contributed by atoms with Crippen molar-refractivity contribution in [3.63, 3.8) is 0 Å². The molecule has 5 nitrogen and oxygen atoms in total. The maximum atomic E-state index is 11.7. The molecular weight excluding hydrogens is 296 g/mol. The Labute approximate surface area is 134 Å². The number of benzene rings is 2. The summed E-state index contributed by atoms with van der Waals surface area (Å²) in [5.41, 5.74) is 1.84. The lowest BCUT2D eigenvalue weighted by Crippen LogP contribution is -2.05. The van der Waals surface area contributed by atoms with Crippen LogP contribution in [0.4, 0.5) is 0 Å². The van der Waals surface area contributed by atoms with Crippen LogP contribution < -0.4 is 4.74 Å². The summed E-state index contributed by atoms with van der Waals surface area (Å²) in [4.78, 5) is 23.0. The summed E-state index contributed by atoms with van der Waals surface area (Å²) in [5.74, 6) is -0.174. The van der Waals surface area contributed by atoms with Gasteiger partial charge in [0.25, 0.3) is 0 Å². The second-order valence-electron chi connectivity index (χ2n) is 4.73. The molecule has 0 aliphatic heterocycles. The van der Waals surface area contributed by atoms with Crippen molar-refractivity contribution in [3.8, 4) is 5.75 Å². The summed E-state index contributed by atoms with van der Waals surface area (Å²) in [6, 6.07) is 13.8. The van der Waals surface area contributed by atoms with E-state index in [-0.39, 0.29) is 11.9 Å². The molecule has 0 aliphatic carbocycles. The van der Waals surface area contributed by atoms with E-state index in [1.807, 2.05) is 0 Å². The highest BCUT2D eigenvalue weighted by atomic mass is 16.5. The molecule has 2 aromatic rings. The molecule has 0 atom stereocenters. The van der Waals surface area contributed by atoms with E-state index in [9.17, 15) is 9.59 Å². The van der Waals surface area contributed by atoms with Gasteiger partial charge in [-0.3, -0.25) is 0 Å². The number of rotatable bonds is 6. The first kappa shape index (κ1) is 16.5. The Hall–Kier alpha value is -2.82. The zero-order chi connectivity index (χ0) is 16.7. The van der Waals surface area contributed by atoms with E-state index in [1.165, 1.54) is 7.11 Å². The standard InChI is InChI=1S/C18H18O5/c1-3-22-18(20)15-5-4-6-16(11-15)23-12-13-7-9-14(10-8-13)17(19)21-2/h4-11H,3,12H2,1-2H3. The van der Waals surface area contributed by atoms with Gasteiger partial charge in [0.05, 0.1) is 24.8 Å². The fourth-order valence-corrected chi connectivity index (χ4v) is 1.95. The van der Waals surface area contributed by atoms with E-state index in [0.29, 0.717) is 30.1 Å². The highest BCUT2D eigenvalue weighted by molar-refractivity contribution is 5.90. The van der Waals surface area contributed by atoms with E-state index >= 15 is 0 Å². The first-order valence-electron chi connectivity index (χ1n) is 7.21. The summed E-state index contributed by atoms with van der Waals surface area (Å²) in [5, 5.41) is 0. The third-order valence-corrected chi connectivity index (χ3v) is 3.13. The Bertz CT molecular complexity index is 676. The van der Waals surface area contributed by atoms with Gasteiger partial charge >= 0.3 is 11.9 Å². The van der Waals surface area contributed by atoms with Crippen molar-refractivity contribution < 1.29 is 23.8 Å². The number of esters is 2. The largest absolute Gasteiger partial charge is 0.489 e. The van der Waals surface area contributed by atoms with Gasteiger partial charge in [0.15, 0.2) is 0 Å². The smallest absolute Gasteiger partial charge is 0.338 e. The predicted molar refractivity (Wildman–Crippen MR) is 84.5 cm³/mol. The second-order valence-corrected chi connectivity index (χ2v) is 4.73. The molecule has 0 aromatic heterocycles. The SMILES string of the molecule is CCOC(=O)c1cccc(OCc2ccc(C(=O)OC)cc2)c1. The van der Waals surface area contributed by atoms with Gasteiger partial charge < -0.3 is 14.2 Å². The van der Waals surface area contributed by atoms with Gasteiger partial charge in [-0.1, -0.05) is 18.2 Å². The van der Waals surface area contributed by atoms with Crippen LogP contribution in [0.15, 0.2) is 48.5 Å². The quantitative estimate of drug-likeness (QED) is 0.766. The van der Waals surface area contributed by atoms with E-state index in [2.05, 4.69) is 4.74 Å². The average molecular weight is 314 g/mol. The van der Waals surface area contributed by atoms with Gasteiger partial charge in [-0.05, 0) is 42.8 Å². The summed E-state index contributed by atoms with van der Waals surface area (Å²) in [7, 11) is 1.34. The zero-order valence-corrected chi connectivity index (χ0v) is 13.1. The highest BCUT2D eigenvalue weighted by Gasteiger charge is 2.08. The molecule has 120 valence electrons. The molecule has 0 radical (unpaired) electrons. The summed E-state index contributed by atoms with van der Waals surface area (Å²) >= 11 is 0. The first-order valence-corrected chi connectivity index (χ1v) is 7.21. The third kappa shape index (κ3) is 4.57. The Balaban J connectivity index is 1.99. The Morgan fingerprint density at radius 2 is 1.70 bits per heavy atom. The van der Waals surface area contributed by atoms with Gasteiger partial charge in [-0.2, -0.15) is 0 Å². The molecule has 5 heteroatoms. The summed E-state index contributed by atoms with van der Waals surface area (Å²) in [6.45, 7) is 2.42. The molecule has 2 aromatic carbocycles. The molecule has 0 saturated heterocycles. The fourth-order valence-electron chi connectivity index (χ4n) is 1.95. The van der Waals surface area contributed by atoms with Crippen molar-refractivity contribution in [2.45, 2.75) is 13.5 Å². The molecule has 0 unspecified atom stereocenters. The average Bonchev–Trinajstić information content (AvgIpc) is 2.60. The Morgan fingerprint density at radius 3 is 2.35 bits per heavy atom. The van der Waals surface area contributed by atoms with Crippen molar-refractivity contribution in [2.24, 2.45) is 0 Å². The van der Waals surface area contributed by atoms with E-state index in [1.54, 1.807) is 55.5 Å². The number of ether oxygens (including phenoxy) is 3. The third-order valence-electron chi connectivity index (χ3n) is 3.13. The van der Waals surface area contributed by atoms with Crippen molar-refractivity contribution in [2.75, 3.05) is 13.7 Å². The minimum Gasteiger partial charge on any atom is -0.489 e. The van der Waals surface area contributed by atoms with Gasteiger partial charge in [0, 0.05) is 0 Å². The van der Waals surface area contributed by atoms with Crippen LogP contribution in [0.5, 0.6) is 5.75 Å². The van der Waals surface area contributed by atoms with Gasteiger partial charge in [-0.15, -0.1) is 0 Å². The Morgan fingerprint density at radius 1 is 0.957 bits per heavy atom. The van der Waals surface area contributed by atoms with Gasteiger partial charge in [0.2, 0.25) is 0 Å². The minimum atomic E-state index is -0.375. The van der Waals surface area contributed by atoms with Crippen molar-refractivity contribution in [1.82, 2.24) is 0 Å². The van der Waals surface area contributed by atoms with E-state index in [0.717, 1.165) is 5.56 Å². The Kier molecular flexibility index (Phi) is 5.74. The number of hydrogen-bond acceptors (Lipinski definition) is 5. The summed E-state index contributed by atoms with van der Waals surface area (Å²) < 4.78 is 15.3. The minimum absolute atomic E-state index is 0.327. The molecule has 0 saturated carbocycles. The number of hydrogen-bond donors (Lipinski definition) is 0.